The molecule has 1 aliphatic rings. The maximum atomic E-state index is 6.12. The molecule has 0 aromatic heterocycles. The van der Waals surface area contributed by atoms with Gasteiger partial charge >= 0.3 is 0 Å². The summed E-state index contributed by atoms with van der Waals surface area (Å²) in [6.45, 7) is 7.74. The molecule has 1 aliphatic heterocycles. The third kappa shape index (κ3) is 5.71. The Bertz CT molecular complexity index is 744. The van der Waals surface area contributed by atoms with E-state index in [4.69, 9.17) is 14.2 Å². The van der Waals surface area contributed by atoms with Gasteiger partial charge in [-0.2, -0.15) is 0 Å². The van der Waals surface area contributed by atoms with E-state index in [0.717, 1.165) is 47.7 Å². The molecule has 0 spiro atoms. The van der Waals surface area contributed by atoms with Gasteiger partial charge in [0, 0.05) is 19.7 Å². The Hall–Kier alpha value is -1.56. The molecule has 27 heavy (non-hydrogen) atoms. The van der Waals surface area contributed by atoms with Crippen molar-refractivity contribution in [2.75, 3.05) is 19.8 Å². The monoisotopic (exact) mass is 433 g/mol. The lowest BCUT2D eigenvalue weighted by molar-refractivity contribution is 0.110. The van der Waals surface area contributed by atoms with E-state index in [1.807, 2.05) is 19.1 Å². The summed E-state index contributed by atoms with van der Waals surface area (Å²) in [6, 6.07) is 12.4. The normalized spacial score (nSPS) is 16.5. The van der Waals surface area contributed by atoms with Crippen LogP contribution in [0.15, 0.2) is 40.9 Å². The fraction of sp³-hybridized carbons (Fsp3) is 0.455. The number of aryl methyl sites for hydroxylation is 1. The van der Waals surface area contributed by atoms with Gasteiger partial charge in [-0.05, 0) is 71.4 Å². The molecule has 0 saturated carbocycles. The fourth-order valence-electron chi connectivity index (χ4n) is 3.23. The van der Waals surface area contributed by atoms with E-state index in [1.54, 1.807) is 0 Å². The molecule has 2 aromatic rings. The molecule has 5 heteroatoms. The summed E-state index contributed by atoms with van der Waals surface area (Å²) < 4.78 is 18.5. The first kappa shape index (κ1) is 20.2. The highest BCUT2D eigenvalue weighted by Crippen LogP contribution is 2.37. The summed E-state index contributed by atoms with van der Waals surface area (Å²) in [5.41, 5.74) is 3.56. The summed E-state index contributed by atoms with van der Waals surface area (Å²) in [7, 11) is 0. The topological polar surface area (TPSA) is 39.7 Å². The molecule has 1 heterocycles. The fourth-order valence-corrected chi connectivity index (χ4v) is 3.84. The number of benzene rings is 2. The van der Waals surface area contributed by atoms with Crippen molar-refractivity contribution >= 4 is 15.9 Å². The summed E-state index contributed by atoms with van der Waals surface area (Å²) in [6.07, 6.45) is 2.66. The minimum absolute atomic E-state index is 0.344. The van der Waals surface area contributed by atoms with Crippen LogP contribution in [0.25, 0.3) is 0 Å². The second-order valence-electron chi connectivity index (χ2n) is 6.82. The second kappa shape index (κ2) is 10.1. The van der Waals surface area contributed by atoms with Crippen molar-refractivity contribution in [2.45, 2.75) is 45.9 Å². The number of hydrogen-bond donors (Lipinski definition) is 1. The Morgan fingerprint density at radius 1 is 1.22 bits per heavy atom. The molecule has 1 saturated heterocycles. The maximum Gasteiger partial charge on any atom is 0.175 e. The third-order valence-electron chi connectivity index (χ3n) is 4.73. The highest BCUT2D eigenvalue weighted by molar-refractivity contribution is 9.10. The molecule has 0 unspecified atom stereocenters. The number of rotatable bonds is 9. The molecular formula is C22H28BrNO3. The summed E-state index contributed by atoms with van der Waals surface area (Å²) in [5, 5.41) is 3.48. The van der Waals surface area contributed by atoms with Crippen molar-refractivity contribution in [3.63, 3.8) is 0 Å². The van der Waals surface area contributed by atoms with Crippen molar-refractivity contribution in [1.82, 2.24) is 5.32 Å². The van der Waals surface area contributed by atoms with Crippen LogP contribution in [0.2, 0.25) is 0 Å². The lowest BCUT2D eigenvalue weighted by Gasteiger charge is -2.17. The minimum atomic E-state index is 0.344. The van der Waals surface area contributed by atoms with Crippen molar-refractivity contribution in [1.29, 1.82) is 0 Å². The van der Waals surface area contributed by atoms with Crippen LogP contribution < -0.4 is 14.8 Å². The van der Waals surface area contributed by atoms with E-state index in [2.05, 4.69) is 52.4 Å². The van der Waals surface area contributed by atoms with Crippen LogP contribution in [0.5, 0.6) is 11.5 Å². The van der Waals surface area contributed by atoms with Gasteiger partial charge in [-0.15, -0.1) is 0 Å². The first-order chi connectivity index (χ1) is 13.2. The lowest BCUT2D eigenvalue weighted by atomic mass is 10.1. The Morgan fingerprint density at radius 3 is 2.81 bits per heavy atom. The number of halogens is 1. The average Bonchev–Trinajstić information content (AvgIpc) is 3.16. The number of hydrogen-bond acceptors (Lipinski definition) is 4. The molecule has 146 valence electrons. The Balaban J connectivity index is 1.66. The first-order valence-electron chi connectivity index (χ1n) is 9.62. The largest absolute Gasteiger partial charge is 0.490 e. The van der Waals surface area contributed by atoms with Crippen molar-refractivity contribution in [2.24, 2.45) is 0 Å². The van der Waals surface area contributed by atoms with Crippen LogP contribution in [0.3, 0.4) is 0 Å². The van der Waals surface area contributed by atoms with Crippen LogP contribution >= 0.6 is 15.9 Å². The van der Waals surface area contributed by atoms with Crippen LogP contribution in [-0.2, 0) is 17.9 Å². The van der Waals surface area contributed by atoms with E-state index in [-0.39, 0.29) is 0 Å². The van der Waals surface area contributed by atoms with Gasteiger partial charge in [0.25, 0.3) is 0 Å². The molecule has 3 rings (SSSR count). The number of ether oxygens (including phenoxy) is 3. The lowest BCUT2D eigenvalue weighted by Crippen LogP contribution is -2.25. The number of nitrogens with one attached hydrogen (secondary N) is 1. The minimum Gasteiger partial charge on any atom is -0.490 e. The zero-order chi connectivity index (χ0) is 19.1. The Labute approximate surface area is 170 Å². The Morgan fingerprint density at radius 2 is 2.07 bits per heavy atom. The molecule has 1 fully saturated rings. The van der Waals surface area contributed by atoms with Gasteiger partial charge in [-0.3, -0.25) is 0 Å². The average molecular weight is 434 g/mol. The van der Waals surface area contributed by atoms with E-state index in [9.17, 15) is 0 Å². The van der Waals surface area contributed by atoms with Crippen molar-refractivity contribution < 1.29 is 14.2 Å². The van der Waals surface area contributed by atoms with Crippen LogP contribution in [-0.4, -0.2) is 25.9 Å². The molecule has 0 aliphatic carbocycles. The molecule has 1 N–H and O–H groups in total. The summed E-state index contributed by atoms with van der Waals surface area (Å²) in [4.78, 5) is 0. The molecule has 1 atom stereocenters. The molecule has 2 aromatic carbocycles. The highest BCUT2D eigenvalue weighted by atomic mass is 79.9. The van der Waals surface area contributed by atoms with Gasteiger partial charge in [0.15, 0.2) is 11.5 Å². The standard InChI is InChI=1S/C22H28BrNO3/c1-3-25-21-12-17(13-24-14-19-9-6-10-26-19)11-20(23)22(21)27-15-18-8-5-4-7-16(18)2/h4-5,7-8,11-12,19,24H,3,6,9-10,13-15H2,1-2H3/t19-/m1/s1. The van der Waals surface area contributed by atoms with Gasteiger partial charge in [-0.25, -0.2) is 0 Å². The van der Waals surface area contributed by atoms with Crippen LogP contribution in [0, 0.1) is 6.92 Å². The van der Waals surface area contributed by atoms with Gasteiger partial charge < -0.3 is 19.5 Å². The molecular weight excluding hydrogens is 406 g/mol. The van der Waals surface area contributed by atoms with Crippen LogP contribution in [0.1, 0.15) is 36.5 Å². The van der Waals surface area contributed by atoms with Gasteiger partial charge in [0.1, 0.15) is 6.61 Å². The SMILES string of the molecule is CCOc1cc(CNC[C@H]2CCCO2)cc(Br)c1OCc1ccccc1C. The zero-order valence-corrected chi connectivity index (χ0v) is 17.7. The second-order valence-corrected chi connectivity index (χ2v) is 7.67. The van der Waals surface area contributed by atoms with E-state index < -0.39 is 0 Å². The van der Waals surface area contributed by atoms with E-state index >= 15 is 0 Å². The summed E-state index contributed by atoms with van der Waals surface area (Å²) in [5.74, 6) is 1.53. The molecule has 0 amide bonds. The molecule has 0 radical (unpaired) electrons. The van der Waals surface area contributed by atoms with Gasteiger partial charge in [0.05, 0.1) is 17.2 Å². The van der Waals surface area contributed by atoms with Crippen molar-refractivity contribution in [3.05, 3.63) is 57.6 Å². The molecule has 0 bridgehead atoms. The zero-order valence-electron chi connectivity index (χ0n) is 16.1. The van der Waals surface area contributed by atoms with E-state index in [0.29, 0.717) is 19.3 Å². The van der Waals surface area contributed by atoms with Gasteiger partial charge in [-0.1, -0.05) is 24.3 Å². The smallest absolute Gasteiger partial charge is 0.175 e. The van der Waals surface area contributed by atoms with Crippen molar-refractivity contribution in [3.8, 4) is 11.5 Å². The van der Waals surface area contributed by atoms with E-state index in [1.165, 1.54) is 17.5 Å². The predicted octanol–water partition coefficient (Wildman–Crippen LogP) is 5.00. The third-order valence-corrected chi connectivity index (χ3v) is 5.32. The van der Waals surface area contributed by atoms with Gasteiger partial charge in [0.2, 0.25) is 0 Å². The van der Waals surface area contributed by atoms with Crippen LogP contribution in [0.4, 0.5) is 0 Å². The Kier molecular flexibility index (Phi) is 7.56. The quantitative estimate of drug-likeness (QED) is 0.603. The predicted molar refractivity (Wildman–Crippen MR) is 112 cm³/mol. The summed E-state index contributed by atoms with van der Waals surface area (Å²) >= 11 is 3.66. The first-order valence-corrected chi connectivity index (χ1v) is 10.4. The molecule has 4 nitrogen and oxygen atoms in total. The highest BCUT2D eigenvalue weighted by Gasteiger charge is 2.16. The maximum absolute atomic E-state index is 6.12.